The van der Waals surface area contributed by atoms with E-state index in [2.05, 4.69) is 20.3 Å². The number of methoxy groups -OCH3 is 1. The van der Waals surface area contributed by atoms with E-state index >= 15 is 0 Å². The molecule has 2 aromatic heterocycles. The molecule has 0 bridgehead atoms. The second kappa shape index (κ2) is 4.89. The van der Waals surface area contributed by atoms with Crippen LogP contribution < -0.4 is 9.47 Å². The molecule has 18 heavy (non-hydrogen) atoms. The Balaban J connectivity index is 1.96. The van der Waals surface area contributed by atoms with Crippen molar-refractivity contribution in [3.8, 4) is 11.3 Å². The summed E-state index contributed by atoms with van der Waals surface area (Å²) < 4.78 is 15.3. The fraction of sp³-hybridized carbons (Fsp3) is 0.600. The molecular weight excluding hydrogens is 256 g/mol. The lowest BCUT2D eigenvalue weighted by atomic mass is 9.96. The molecule has 0 spiro atoms. The molecular formula is C10H14N4O3S. The van der Waals surface area contributed by atoms with Gasteiger partial charge in [-0.05, 0) is 0 Å². The summed E-state index contributed by atoms with van der Waals surface area (Å²) in [5.74, 6) is 0.604. The largest absolute Gasteiger partial charge is 0.472 e. The summed E-state index contributed by atoms with van der Waals surface area (Å²) in [7, 11) is 1.54. The van der Waals surface area contributed by atoms with Gasteiger partial charge in [0.1, 0.15) is 6.61 Å². The van der Waals surface area contributed by atoms with E-state index in [0.29, 0.717) is 16.0 Å². The summed E-state index contributed by atoms with van der Waals surface area (Å²) in [6.45, 7) is 6.22. The van der Waals surface area contributed by atoms with Crippen LogP contribution in [0.1, 0.15) is 31.6 Å². The Morgan fingerprint density at radius 3 is 2.61 bits per heavy atom. The van der Waals surface area contributed by atoms with Crippen molar-refractivity contribution < 1.29 is 14.0 Å². The van der Waals surface area contributed by atoms with E-state index in [1.54, 1.807) is 7.11 Å². The average Bonchev–Trinajstić information content (AvgIpc) is 2.94. The van der Waals surface area contributed by atoms with Gasteiger partial charge < -0.3 is 9.47 Å². The second-order valence-corrected chi connectivity index (χ2v) is 5.61. The molecule has 0 aliphatic heterocycles. The van der Waals surface area contributed by atoms with Gasteiger partial charge >= 0.3 is 6.08 Å². The Bertz CT molecular complexity index is 517. The normalized spacial score (nSPS) is 11.6. The number of hydrogen-bond donors (Lipinski definition) is 0. The molecule has 0 saturated carbocycles. The van der Waals surface area contributed by atoms with Crippen molar-refractivity contribution in [1.82, 2.24) is 20.3 Å². The quantitative estimate of drug-likeness (QED) is 0.837. The monoisotopic (exact) mass is 270 g/mol. The maximum atomic E-state index is 5.34. The summed E-state index contributed by atoms with van der Waals surface area (Å²) in [6, 6.07) is 0. The minimum absolute atomic E-state index is 0.133. The molecule has 0 N–H and O–H groups in total. The molecule has 2 heterocycles. The van der Waals surface area contributed by atoms with Gasteiger partial charge in [0.25, 0.3) is 5.19 Å². The first kappa shape index (κ1) is 12.7. The molecule has 0 saturated heterocycles. The molecule has 0 aliphatic rings. The van der Waals surface area contributed by atoms with Gasteiger partial charge in [0.2, 0.25) is 0 Å². The van der Waals surface area contributed by atoms with Crippen molar-refractivity contribution in [1.29, 1.82) is 0 Å². The lowest BCUT2D eigenvalue weighted by Crippen LogP contribution is -2.13. The van der Waals surface area contributed by atoms with E-state index in [4.69, 9.17) is 14.0 Å². The van der Waals surface area contributed by atoms with Crippen LogP contribution in [0.25, 0.3) is 0 Å². The van der Waals surface area contributed by atoms with Crippen molar-refractivity contribution in [3.05, 3.63) is 10.8 Å². The van der Waals surface area contributed by atoms with Gasteiger partial charge in [-0.25, -0.2) is 0 Å². The van der Waals surface area contributed by atoms with Crippen LogP contribution in [0.4, 0.5) is 0 Å². The summed E-state index contributed by atoms with van der Waals surface area (Å²) >= 11 is 1.31. The summed E-state index contributed by atoms with van der Waals surface area (Å²) in [5, 5.41) is 12.7. The van der Waals surface area contributed by atoms with Crippen LogP contribution in [-0.2, 0) is 12.0 Å². The average molecular weight is 270 g/mol. The van der Waals surface area contributed by atoms with E-state index in [-0.39, 0.29) is 18.1 Å². The number of hydrogen-bond acceptors (Lipinski definition) is 8. The highest BCUT2D eigenvalue weighted by Gasteiger charge is 2.21. The third-order valence-electron chi connectivity index (χ3n) is 2.02. The fourth-order valence-electron chi connectivity index (χ4n) is 1.08. The first-order valence-corrected chi connectivity index (χ1v) is 6.14. The Morgan fingerprint density at radius 2 is 2.06 bits per heavy atom. The first-order chi connectivity index (χ1) is 8.49. The van der Waals surface area contributed by atoms with Crippen molar-refractivity contribution in [2.45, 2.75) is 32.8 Å². The van der Waals surface area contributed by atoms with Gasteiger partial charge in [0, 0.05) is 5.41 Å². The standard InChI is InChI=1S/C10H14N4O3S/c1-10(2,3)7-11-8(17-14-7)16-5-6-12-13-9(15-4)18-6/h5H2,1-4H3. The van der Waals surface area contributed by atoms with E-state index in [0.717, 1.165) is 0 Å². The molecule has 0 amide bonds. The van der Waals surface area contributed by atoms with Crippen LogP contribution in [-0.4, -0.2) is 27.4 Å². The van der Waals surface area contributed by atoms with Gasteiger partial charge in [0.05, 0.1) is 7.11 Å². The molecule has 0 fully saturated rings. The lowest BCUT2D eigenvalue weighted by Gasteiger charge is -2.10. The Hall–Kier alpha value is -1.70. The van der Waals surface area contributed by atoms with E-state index < -0.39 is 0 Å². The van der Waals surface area contributed by atoms with Gasteiger partial charge in [-0.3, -0.25) is 4.52 Å². The van der Waals surface area contributed by atoms with E-state index in [1.165, 1.54) is 11.3 Å². The van der Waals surface area contributed by atoms with Crippen LogP contribution in [0.15, 0.2) is 4.52 Å². The molecule has 0 radical (unpaired) electrons. The third kappa shape index (κ3) is 2.95. The maximum Gasteiger partial charge on any atom is 0.417 e. The van der Waals surface area contributed by atoms with Gasteiger partial charge in [0.15, 0.2) is 10.8 Å². The fourth-order valence-corrected chi connectivity index (χ4v) is 1.64. The lowest BCUT2D eigenvalue weighted by molar-refractivity contribution is 0.194. The van der Waals surface area contributed by atoms with Crippen LogP contribution in [0.3, 0.4) is 0 Å². The molecule has 8 heteroatoms. The van der Waals surface area contributed by atoms with Crippen LogP contribution >= 0.6 is 11.3 Å². The zero-order valence-electron chi connectivity index (χ0n) is 10.6. The maximum absolute atomic E-state index is 5.34. The van der Waals surface area contributed by atoms with Gasteiger partial charge in [-0.2, -0.15) is 4.98 Å². The smallest absolute Gasteiger partial charge is 0.417 e. The number of ether oxygens (including phenoxy) is 2. The molecule has 2 rings (SSSR count). The molecule has 98 valence electrons. The number of rotatable bonds is 4. The predicted octanol–water partition coefficient (Wildman–Crippen LogP) is 1.81. The first-order valence-electron chi connectivity index (χ1n) is 5.32. The summed E-state index contributed by atoms with van der Waals surface area (Å²) in [5.41, 5.74) is -0.170. The Labute approximate surface area is 108 Å². The number of aromatic nitrogens is 4. The van der Waals surface area contributed by atoms with Crippen LogP contribution in [0, 0.1) is 0 Å². The highest BCUT2D eigenvalue weighted by atomic mass is 32.1. The SMILES string of the molecule is COc1nnc(COc2nc(C(C)(C)C)no2)s1. The molecule has 0 aliphatic carbocycles. The minimum Gasteiger partial charge on any atom is -0.472 e. The van der Waals surface area contributed by atoms with Crippen molar-refractivity contribution in [3.63, 3.8) is 0 Å². The van der Waals surface area contributed by atoms with Gasteiger partial charge in [-0.15, -0.1) is 5.10 Å². The zero-order chi connectivity index (χ0) is 13.2. The van der Waals surface area contributed by atoms with Crippen molar-refractivity contribution >= 4 is 11.3 Å². The van der Waals surface area contributed by atoms with Crippen molar-refractivity contribution in [2.24, 2.45) is 0 Å². The Kier molecular flexibility index (Phi) is 3.46. The topological polar surface area (TPSA) is 83.2 Å². The highest BCUT2D eigenvalue weighted by Crippen LogP contribution is 2.22. The summed E-state index contributed by atoms with van der Waals surface area (Å²) in [6.07, 6.45) is 0.133. The third-order valence-corrected chi connectivity index (χ3v) is 2.88. The Morgan fingerprint density at radius 1 is 1.28 bits per heavy atom. The summed E-state index contributed by atoms with van der Waals surface area (Å²) in [4.78, 5) is 4.15. The van der Waals surface area contributed by atoms with E-state index in [1.807, 2.05) is 20.8 Å². The van der Waals surface area contributed by atoms with Gasteiger partial charge in [-0.1, -0.05) is 42.4 Å². The van der Waals surface area contributed by atoms with E-state index in [9.17, 15) is 0 Å². The highest BCUT2D eigenvalue weighted by molar-refractivity contribution is 7.13. The van der Waals surface area contributed by atoms with Crippen LogP contribution in [0.5, 0.6) is 11.3 Å². The molecule has 0 aromatic carbocycles. The van der Waals surface area contributed by atoms with Crippen molar-refractivity contribution in [2.75, 3.05) is 7.11 Å². The molecule has 7 nitrogen and oxygen atoms in total. The van der Waals surface area contributed by atoms with Crippen LogP contribution in [0.2, 0.25) is 0 Å². The molecule has 2 aromatic rings. The second-order valence-electron chi connectivity index (χ2n) is 4.59. The predicted molar refractivity (Wildman–Crippen MR) is 63.8 cm³/mol. The molecule has 0 unspecified atom stereocenters. The molecule has 0 atom stereocenters. The number of nitrogens with zero attached hydrogens (tertiary/aromatic N) is 4. The zero-order valence-corrected chi connectivity index (χ0v) is 11.4. The minimum atomic E-state index is -0.170.